The van der Waals surface area contributed by atoms with Gasteiger partial charge in [0.15, 0.2) is 0 Å². The number of hydrogen-bond donors (Lipinski definition) is 0. The van der Waals surface area contributed by atoms with Crippen molar-refractivity contribution in [3.8, 4) is 0 Å². The van der Waals surface area contributed by atoms with E-state index in [1.165, 1.54) is 0 Å². The molecule has 0 saturated heterocycles. The van der Waals surface area contributed by atoms with Crippen molar-refractivity contribution in [2.75, 3.05) is 0 Å². The van der Waals surface area contributed by atoms with Crippen molar-refractivity contribution >= 4 is 117 Å². The van der Waals surface area contributed by atoms with Crippen LogP contribution in [0.1, 0.15) is 0 Å². The molecule has 0 aromatic carbocycles. The van der Waals surface area contributed by atoms with Crippen molar-refractivity contribution in [2.24, 2.45) is 0 Å². The molecule has 0 radical (unpaired) electrons. The van der Waals surface area contributed by atoms with Gasteiger partial charge in [0.1, 0.15) is 0 Å². The summed E-state index contributed by atoms with van der Waals surface area (Å²) in [6.07, 6.45) is 0. The van der Waals surface area contributed by atoms with E-state index in [4.69, 9.17) is 0 Å². The van der Waals surface area contributed by atoms with Crippen LogP contribution in [0.25, 0.3) is 0 Å². The molecule has 0 saturated carbocycles. The predicted molar refractivity (Wildman–Crippen MR) is 46.7 cm³/mol. The molecule has 0 aliphatic rings. The fourth-order valence-electron chi connectivity index (χ4n) is 0. The summed E-state index contributed by atoms with van der Waals surface area (Å²) in [5.74, 6) is 0. The summed E-state index contributed by atoms with van der Waals surface area (Å²) in [5, 5.41) is 0. The minimum atomic E-state index is 0. The zero-order chi connectivity index (χ0) is 0. The molecule has 0 nitrogen and oxygen atoms in total. The van der Waals surface area contributed by atoms with Gasteiger partial charge in [0.2, 0.25) is 0 Å². The van der Waals surface area contributed by atoms with Crippen LogP contribution >= 0.6 is 0 Å². The molecule has 0 atom stereocenters. The van der Waals surface area contributed by atoms with Gasteiger partial charge in [-0.15, -0.1) is 0 Å². The van der Waals surface area contributed by atoms with Crippen LogP contribution in [0.5, 0.6) is 0 Å². The van der Waals surface area contributed by atoms with Crippen LogP contribution in [0.4, 0.5) is 0 Å². The van der Waals surface area contributed by atoms with E-state index in [-0.39, 0.29) is 117 Å². The first-order valence-corrected chi connectivity index (χ1v) is 0. The van der Waals surface area contributed by atoms with Crippen molar-refractivity contribution in [3.05, 3.63) is 0 Å². The molecule has 0 spiro atoms. The van der Waals surface area contributed by atoms with Gasteiger partial charge in [-0.3, -0.25) is 0 Å². The molecule has 0 aliphatic carbocycles. The molecule has 0 aromatic heterocycles. The molecular formula is Ga2MgS4. The summed E-state index contributed by atoms with van der Waals surface area (Å²) in [4.78, 5) is 0. The average Bonchev–Trinajstić information content (AvgIpc) is 0. The van der Waals surface area contributed by atoms with E-state index in [2.05, 4.69) is 0 Å². The summed E-state index contributed by atoms with van der Waals surface area (Å²) in [7, 11) is 0. The largest absolute Gasteiger partial charge is 3.00 e. The molecule has 32 valence electrons. The van der Waals surface area contributed by atoms with E-state index in [0.29, 0.717) is 0 Å². The zero-order valence-electron chi connectivity index (χ0n) is 3.49. The maximum Gasteiger partial charge on any atom is 3.00 e. The minimum Gasteiger partial charge on any atom is -2.00 e. The van der Waals surface area contributed by atoms with Gasteiger partial charge in [-0.05, 0) is 0 Å². The van der Waals surface area contributed by atoms with Crippen molar-refractivity contribution in [1.29, 1.82) is 0 Å². The molecular weight excluding hydrogens is 292 g/mol. The second-order valence-electron chi connectivity index (χ2n) is 0. The molecule has 0 heterocycles. The van der Waals surface area contributed by atoms with E-state index < -0.39 is 0 Å². The standard InChI is InChI=1S/2Ga.Mg.4S/q2*+3;+2;4*-2. The van der Waals surface area contributed by atoms with E-state index in [0.717, 1.165) is 0 Å². The fourth-order valence-corrected chi connectivity index (χ4v) is 0. The summed E-state index contributed by atoms with van der Waals surface area (Å²) >= 11 is 0. The summed E-state index contributed by atoms with van der Waals surface area (Å²) < 4.78 is 0. The van der Waals surface area contributed by atoms with Crippen LogP contribution in [-0.2, 0) is 54.0 Å². The zero-order valence-corrected chi connectivity index (χ0v) is 13.0. The van der Waals surface area contributed by atoms with Gasteiger partial charge in [0.25, 0.3) is 0 Å². The predicted octanol–water partition coefficient (Wildman–Crippen LogP) is -1.15. The van der Waals surface area contributed by atoms with E-state index in [1.807, 2.05) is 0 Å². The van der Waals surface area contributed by atoms with Crippen molar-refractivity contribution in [1.82, 2.24) is 0 Å². The second kappa shape index (κ2) is 56.8. The number of hydrogen-bond acceptors (Lipinski definition) is 0. The first kappa shape index (κ1) is 78.6. The quantitative estimate of drug-likeness (QED) is 0.495. The SMILES string of the molecule is [Ga+3].[Ga+3].[Mg+2].[S-2].[S-2].[S-2].[S-2]. The van der Waals surface area contributed by atoms with E-state index in [9.17, 15) is 0 Å². The van der Waals surface area contributed by atoms with Gasteiger partial charge in [0.05, 0.1) is 0 Å². The molecule has 0 unspecified atom stereocenters. The maximum atomic E-state index is 0. The first-order valence-electron chi connectivity index (χ1n) is 0. The Labute approximate surface area is 115 Å². The Morgan fingerprint density at radius 3 is 0.429 bits per heavy atom. The molecule has 0 fully saturated rings. The molecule has 0 rings (SSSR count). The van der Waals surface area contributed by atoms with Crippen molar-refractivity contribution in [2.45, 2.75) is 0 Å². The number of rotatable bonds is 0. The topological polar surface area (TPSA) is 0 Å². The molecule has 0 aliphatic heterocycles. The van der Waals surface area contributed by atoms with E-state index >= 15 is 0 Å². The smallest absolute Gasteiger partial charge is 2.00 e. The molecule has 0 amide bonds. The van der Waals surface area contributed by atoms with Crippen LogP contribution in [-0.4, -0.2) is 62.6 Å². The molecule has 7 heavy (non-hydrogen) atoms. The maximum absolute atomic E-state index is 0. The Morgan fingerprint density at radius 2 is 0.429 bits per heavy atom. The molecule has 0 N–H and O–H groups in total. The van der Waals surface area contributed by atoms with Gasteiger partial charge >= 0.3 is 62.6 Å². The molecule has 7 heteroatoms. The summed E-state index contributed by atoms with van der Waals surface area (Å²) in [6.45, 7) is 0. The Bertz CT molecular complexity index is 9.65. The third-order valence-corrected chi connectivity index (χ3v) is 0. The third-order valence-electron chi connectivity index (χ3n) is 0. The molecule has 0 aromatic rings. The van der Waals surface area contributed by atoms with Gasteiger partial charge < -0.3 is 54.0 Å². The third kappa shape index (κ3) is 44.2. The normalized spacial score (nSPS) is 0. The van der Waals surface area contributed by atoms with Crippen molar-refractivity contribution in [3.63, 3.8) is 0 Å². The van der Waals surface area contributed by atoms with Gasteiger partial charge in [-0.25, -0.2) is 0 Å². The van der Waals surface area contributed by atoms with Gasteiger partial charge in [0, 0.05) is 0 Å². The summed E-state index contributed by atoms with van der Waals surface area (Å²) in [5.41, 5.74) is 0. The Balaban J connectivity index is 0. The average molecular weight is 292 g/mol. The van der Waals surface area contributed by atoms with Gasteiger partial charge in [-0.2, -0.15) is 0 Å². The minimum absolute atomic E-state index is 0. The van der Waals surface area contributed by atoms with E-state index in [1.54, 1.807) is 0 Å². The monoisotopic (exact) mass is 290 g/mol. The Morgan fingerprint density at radius 1 is 0.429 bits per heavy atom. The van der Waals surface area contributed by atoms with Crippen LogP contribution in [0.2, 0.25) is 0 Å². The fraction of sp³-hybridized carbons (Fsp3) is 0. The summed E-state index contributed by atoms with van der Waals surface area (Å²) in [6, 6.07) is 0. The first-order chi connectivity index (χ1) is 0. The second-order valence-corrected chi connectivity index (χ2v) is 0. The molecule has 0 bridgehead atoms. The van der Waals surface area contributed by atoms with Crippen molar-refractivity contribution < 1.29 is 0 Å². The Kier molecular flexibility index (Phi) is 639. The van der Waals surface area contributed by atoms with Crippen LogP contribution in [0.3, 0.4) is 0 Å². The van der Waals surface area contributed by atoms with Crippen LogP contribution in [0, 0.1) is 0 Å². The van der Waals surface area contributed by atoms with Gasteiger partial charge in [-0.1, -0.05) is 0 Å². The Hall–Kier alpha value is 3.44. The van der Waals surface area contributed by atoms with Crippen LogP contribution < -0.4 is 0 Å². The van der Waals surface area contributed by atoms with Crippen LogP contribution in [0.15, 0.2) is 0 Å².